The van der Waals surface area contributed by atoms with Crippen LogP contribution in [0.5, 0.6) is 0 Å². The number of piperazine rings is 1. The van der Waals surface area contributed by atoms with E-state index in [4.69, 9.17) is 9.47 Å². The summed E-state index contributed by atoms with van der Waals surface area (Å²) in [5.74, 6) is -2.08. The number of hydrogen-bond donors (Lipinski definition) is 0. The summed E-state index contributed by atoms with van der Waals surface area (Å²) in [7, 11) is 5.02. The number of methoxy groups -OCH3 is 4. The minimum Gasteiger partial charge on any atom is -0.469 e. The van der Waals surface area contributed by atoms with E-state index < -0.39 is 36.0 Å². The third kappa shape index (κ3) is 5.95. The molecule has 1 heterocycles. The van der Waals surface area contributed by atoms with Crippen molar-refractivity contribution in [1.29, 1.82) is 0 Å². The molecule has 1 rings (SSSR count). The molecule has 0 amide bonds. The molecule has 10 nitrogen and oxygen atoms in total. The molecule has 10 heteroatoms. The second-order valence-electron chi connectivity index (χ2n) is 5.71. The van der Waals surface area contributed by atoms with Gasteiger partial charge in [-0.2, -0.15) is 0 Å². The van der Waals surface area contributed by atoms with Crippen molar-refractivity contribution in [3.63, 3.8) is 0 Å². The van der Waals surface area contributed by atoms with Crippen molar-refractivity contribution in [1.82, 2.24) is 9.80 Å². The molecule has 0 radical (unpaired) electrons. The van der Waals surface area contributed by atoms with Crippen LogP contribution in [0.2, 0.25) is 0 Å². The van der Waals surface area contributed by atoms with Crippen molar-refractivity contribution in [3.05, 3.63) is 0 Å². The van der Waals surface area contributed by atoms with Gasteiger partial charge in [0.25, 0.3) is 0 Å². The first kappa shape index (κ1) is 21.8. The summed E-state index contributed by atoms with van der Waals surface area (Å²) in [4.78, 5) is 50.7. The van der Waals surface area contributed by atoms with Crippen LogP contribution in [-0.4, -0.2) is 100 Å². The van der Waals surface area contributed by atoms with Crippen LogP contribution in [0.3, 0.4) is 0 Å². The lowest BCUT2D eigenvalue weighted by molar-refractivity contribution is -0.157. The van der Waals surface area contributed by atoms with Gasteiger partial charge in [-0.25, -0.2) is 0 Å². The Morgan fingerprint density at radius 3 is 1.19 bits per heavy atom. The molecule has 1 fully saturated rings. The smallest absolute Gasteiger partial charge is 0.323 e. The van der Waals surface area contributed by atoms with Crippen LogP contribution in [0.4, 0.5) is 0 Å². The fourth-order valence-electron chi connectivity index (χ4n) is 2.84. The largest absolute Gasteiger partial charge is 0.469 e. The first-order valence-corrected chi connectivity index (χ1v) is 8.15. The summed E-state index contributed by atoms with van der Waals surface area (Å²) in [6.07, 6.45) is -0.239. The number of carbonyl (C=O) groups excluding carboxylic acids is 4. The normalized spacial score (nSPS) is 17.7. The van der Waals surface area contributed by atoms with Crippen LogP contribution in [0.1, 0.15) is 12.8 Å². The lowest BCUT2D eigenvalue weighted by Gasteiger charge is -2.40. The lowest BCUT2D eigenvalue weighted by atomic mass is 10.1. The standard InChI is InChI=1S/C16H26N2O8/c1-23-13(19)9-11(15(21)25-3)17-5-7-18(8-6-17)12(16(22)26-4)10-14(20)24-2/h11-12H,5-10H2,1-4H3/t11-,12-/m1/s1. The molecule has 1 saturated heterocycles. The molecule has 0 aliphatic carbocycles. The molecular formula is C16H26N2O8. The predicted molar refractivity (Wildman–Crippen MR) is 88.0 cm³/mol. The molecule has 1 aliphatic heterocycles. The van der Waals surface area contributed by atoms with E-state index in [1.807, 2.05) is 0 Å². The van der Waals surface area contributed by atoms with Crippen LogP contribution in [0.25, 0.3) is 0 Å². The summed E-state index contributed by atoms with van der Waals surface area (Å²) >= 11 is 0. The van der Waals surface area contributed by atoms with Gasteiger partial charge in [-0.1, -0.05) is 0 Å². The van der Waals surface area contributed by atoms with E-state index >= 15 is 0 Å². The molecule has 0 bridgehead atoms. The monoisotopic (exact) mass is 374 g/mol. The second-order valence-corrected chi connectivity index (χ2v) is 5.71. The van der Waals surface area contributed by atoms with Crippen molar-refractivity contribution in [3.8, 4) is 0 Å². The van der Waals surface area contributed by atoms with E-state index in [0.717, 1.165) is 0 Å². The number of rotatable bonds is 8. The molecule has 0 aromatic heterocycles. The van der Waals surface area contributed by atoms with Crippen LogP contribution in [0.15, 0.2) is 0 Å². The second kappa shape index (κ2) is 10.7. The van der Waals surface area contributed by atoms with Crippen LogP contribution >= 0.6 is 0 Å². The van der Waals surface area contributed by atoms with Gasteiger partial charge in [0.05, 0.1) is 41.3 Å². The summed E-state index contributed by atoms with van der Waals surface area (Å²) in [6, 6.07) is -1.52. The van der Waals surface area contributed by atoms with E-state index in [9.17, 15) is 19.2 Å². The summed E-state index contributed by atoms with van der Waals surface area (Å²) in [5, 5.41) is 0. The molecule has 0 saturated carbocycles. The Morgan fingerprint density at radius 1 is 0.654 bits per heavy atom. The highest BCUT2D eigenvalue weighted by Crippen LogP contribution is 2.16. The maximum absolute atomic E-state index is 12.0. The number of hydrogen-bond acceptors (Lipinski definition) is 10. The summed E-state index contributed by atoms with van der Waals surface area (Å²) in [6.45, 7) is 1.63. The Morgan fingerprint density at radius 2 is 0.962 bits per heavy atom. The fourth-order valence-corrected chi connectivity index (χ4v) is 2.84. The zero-order valence-electron chi connectivity index (χ0n) is 15.6. The maximum Gasteiger partial charge on any atom is 0.323 e. The highest BCUT2D eigenvalue weighted by Gasteiger charge is 2.36. The topological polar surface area (TPSA) is 112 Å². The van der Waals surface area contributed by atoms with Gasteiger partial charge in [0.15, 0.2) is 0 Å². The molecule has 148 valence electrons. The zero-order chi connectivity index (χ0) is 19.7. The van der Waals surface area contributed by atoms with Gasteiger partial charge in [0.2, 0.25) is 0 Å². The molecule has 0 aromatic carbocycles. The van der Waals surface area contributed by atoms with Crippen molar-refractivity contribution in [2.24, 2.45) is 0 Å². The molecule has 0 spiro atoms. The highest BCUT2D eigenvalue weighted by atomic mass is 16.5. The first-order valence-electron chi connectivity index (χ1n) is 8.15. The average Bonchev–Trinajstić information content (AvgIpc) is 2.68. The first-order chi connectivity index (χ1) is 12.4. The van der Waals surface area contributed by atoms with Gasteiger partial charge in [0.1, 0.15) is 12.1 Å². The Labute approximate surface area is 152 Å². The van der Waals surface area contributed by atoms with E-state index in [1.165, 1.54) is 28.4 Å². The van der Waals surface area contributed by atoms with Crippen molar-refractivity contribution in [2.75, 3.05) is 54.6 Å². The summed E-state index contributed by atoms with van der Waals surface area (Å²) < 4.78 is 18.8. The predicted octanol–water partition coefficient (Wildman–Crippen LogP) is -1.19. The molecule has 0 unspecified atom stereocenters. The van der Waals surface area contributed by atoms with Gasteiger partial charge < -0.3 is 18.9 Å². The van der Waals surface area contributed by atoms with E-state index in [-0.39, 0.29) is 12.8 Å². The van der Waals surface area contributed by atoms with Crippen molar-refractivity contribution >= 4 is 23.9 Å². The molecule has 26 heavy (non-hydrogen) atoms. The highest BCUT2D eigenvalue weighted by molar-refractivity contribution is 5.83. The molecule has 1 aliphatic rings. The summed E-state index contributed by atoms with van der Waals surface area (Å²) in [5.41, 5.74) is 0. The third-order valence-corrected chi connectivity index (χ3v) is 4.35. The minimum atomic E-state index is -0.758. The Bertz CT molecular complexity index is 470. The van der Waals surface area contributed by atoms with Gasteiger partial charge >= 0.3 is 23.9 Å². The van der Waals surface area contributed by atoms with E-state index in [1.54, 1.807) is 9.80 Å². The van der Waals surface area contributed by atoms with Crippen LogP contribution in [-0.2, 0) is 38.1 Å². The van der Waals surface area contributed by atoms with Gasteiger partial charge in [-0.15, -0.1) is 0 Å². The SMILES string of the molecule is COC(=O)C[C@H](C(=O)OC)N1CCN([C@H](CC(=O)OC)C(=O)OC)CC1. The van der Waals surface area contributed by atoms with Gasteiger partial charge in [-0.3, -0.25) is 29.0 Å². The Hall–Kier alpha value is -2.20. The van der Waals surface area contributed by atoms with E-state index in [0.29, 0.717) is 26.2 Å². The van der Waals surface area contributed by atoms with Gasteiger partial charge in [-0.05, 0) is 0 Å². The third-order valence-electron chi connectivity index (χ3n) is 4.35. The van der Waals surface area contributed by atoms with Crippen molar-refractivity contribution in [2.45, 2.75) is 24.9 Å². The number of ether oxygens (including phenoxy) is 4. The fraction of sp³-hybridized carbons (Fsp3) is 0.750. The van der Waals surface area contributed by atoms with Crippen LogP contribution in [0, 0.1) is 0 Å². The molecular weight excluding hydrogens is 348 g/mol. The number of nitrogens with zero attached hydrogens (tertiary/aromatic N) is 2. The number of esters is 4. The molecule has 2 atom stereocenters. The number of carbonyl (C=O) groups is 4. The lowest BCUT2D eigenvalue weighted by Crippen LogP contribution is -2.57. The quantitative estimate of drug-likeness (QED) is 0.380. The Kier molecular flexibility index (Phi) is 9.00. The average molecular weight is 374 g/mol. The zero-order valence-corrected chi connectivity index (χ0v) is 15.6. The molecule has 0 aromatic rings. The maximum atomic E-state index is 12.0. The van der Waals surface area contributed by atoms with Crippen LogP contribution < -0.4 is 0 Å². The Balaban J connectivity index is 2.77. The molecule has 0 N–H and O–H groups in total. The minimum absolute atomic E-state index is 0.119. The van der Waals surface area contributed by atoms with Crippen molar-refractivity contribution < 1.29 is 38.1 Å². The van der Waals surface area contributed by atoms with Gasteiger partial charge in [0, 0.05) is 26.2 Å². The van der Waals surface area contributed by atoms with E-state index in [2.05, 4.69) is 9.47 Å².